The van der Waals surface area contributed by atoms with Gasteiger partial charge >= 0.3 is 6.18 Å². The number of fused-ring (bicyclic) bond motifs is 1. The van der Waals surface area contributed by atoms with Gasteiger partial charge in [0.25, 0.3) is 11.8 Å². The maximum Gasteiger partial charge on any atom is 0.410 e. The number of anilines is 2. The smallest absolute Gasteiger partial charge is 0.410 e. The summed E-state index contributed by atoms with van der Waals surface area (Å²) in [6.45, 7) is 1.99. The molecule has 12 heteroatoms. The summed E-state index contributed by atoms with van der Waals surface area (Å²) in [5, 5.41) is 9.52. The third kappa shape index (κ3) is 4.74. The second-order valence-corrected chi connectivity index (χ2v) is 8.30. The fraction of sp³-hybridized carbons (Fsp3) is 0.348. The van der Waals surface area contributed by atoms with Crippen molar-refractivity contribution in [3.05, 3.63) is 65.7 Å². The van der Waals surface area contributed by atoms with Crippen LogP contribution in [-0.4, -0.2) is 59.0 Å². The Labute approximate surface area is 197 Å². The molecule has 1 fully saturated rings. The number of carbonyl (C=O) groups excluding carboxylic acids is 2. The zero-order valence-electron chi connectivity index (χ0n) is 18.4. The van der Waals surface area contributed by atoms with Gasteiger partial charge in [0, 0.05) is 36.8 Å². The average molecular weight is 489 g/mol. The molecule has 2 amide bonds. The highest BCUT2D eigenvalue weighted by Gasteiger charge is 2.47. The van der Waals surface area contributed by atoms with Crippen molar-refractivity contribution in [1.29, 1.82) is 0 Å². The molecule has 0 spiro atoms. The molecule has 2 aromatic heterocycles. The van der Waals surface area contributed by atoms with Gasteiger partial charge in [0.15, 0.2) is 11.7 Å². The van der Waals surface area contributed by atoms with Crippen LogP contribution in [0, 0.1) is 0 Å². The third-order valence-corrected chi connectivity index (χ3v) is 6.00. The molecule has 0 saturated carbocycles. The number of morpholine rings is 1. The van der Waals surface area contributed by atoms with Crippen LogP contribution < -0.4 is 10.6 Å². The molecule has 0 unspecified atom stereocenters. The van der Waals surface area contributed by atoms with E-state index in [1.54, 1.807) is 41.3 Å². The first-order valence-electron chi connectivity index (χ1n) is 11.0. The largest absolute Gasteiger partial charge is 0.467 e. The Kier molecular flexibility index (Phi) is 5.97. The molecular weight excluding hydrogens is 467 g/mol. The van der Waals surface area contributed by atoms with Crippen LogP contribution in [0.4, 0.5) is 24.7 Å². The van der Waals surface area contributed by atoms with E-state index in [1.807, 2.05) is 0 Å². The molecule has 5 rings (SSSR count). The number of aromatic nitrogens is 2. The fourth-order valence-electron chi connectivity index (χ4n) is 4.20. The van der Waals surface area contributed by atoms with Crippen molar-refractivity contribution in [3.8, 4) is 0 Å². The van der Waals surface area contributed by atoms with Crippen LogP contribution in [0.5, 0.6) is 0 Å². The van der Waals surface area contributed by atoms with Gasteiger partial charge in [-0.15, -0.1) is 0 Å². The maximum absolute atomic E-state index is 13.8. The monoisotopic (exact) mass is 489 g/mol. The van der Waals surface area contributed by atoms with Crippen LogP contribution in [0.3, 0.4) is 0 Å². The van der Waals surface area contributed by atoms with Gasteiger partial charge in [0.2, 0.25) is 0 Å². The van der Waals surface area contributed by atoms with Crippen molar-refractivity contribution in [2.24, 2.45) is 0 Å². The van der Waals surface area contributed by atoms with E-state index < -0.39 is 24.2 Å². The molecule has 2 atom stereocenters. The van der Waals surface area contributed by atoms with Crippen LogP contribution >= 0.6 is 0 Å². The summed E-state index contributed by atoms with van der Waals surface area (Å²) in [4.78, 5) is 27.0. The number of furan rings is 1. The highest BCUT2D eigenvalue weighted by Crippen LogP contribution is 2.43. The Balaban J connectivity index is 1.31. The van der Waals surface area contributed by atoms with Gasteiger partial charge < -0.3 is 24.7 Å². The summed E-state index contributed by atoms with van der Waals surface area (Å²) >= 11 is 0. The predicted octanol–water partition coefficient (Wildman–Crippen LogP) is 3.86. The number of hydrogen-bond acceptors (Lipinski definition) is 6. The first-order chi connectivity index (χ1) is 16.8. The SMILES string of the molecule is O=C(Nc1ccc(C(=O)N2CCOCC2)cc1)c1cc2n(n1)[C@@H](C(F)(F)F)C[C@H](c1ccco1)N2. The number of nitrogens with zero attached hydrogens (tertiary/aromatic N) is 3. The lowest BCUT2D eigenvalue weighted by Crippen LogP contribution is -2.40. The molecule has 2 N–H and O–H groups in total. The minimum atomic E-state index is -4.57. The molecule has 9 nitrogen and oxygen atoms in total. The minimum absolute atomic E-state index is 0.0663. The molecule has 1 saturated heterocycles. The van der Waals surface area contributed by atoms with E-state index >= 15 is 0 Å². The second kappa shape index (κ2) is 9.10. The Morgan fingerprint density at radius 2 is 1.86 bits per heavy atom. The standard InChI is InChI=1S/C23H22F3N5O4/c24-23(25,26)19-12-16(18-2-1-9-35-18)28-20-13-17(29-31(19)20)21(32)27-15-5-3-14(4-6-15)22(33)30-7-10-34-11-8-30/h1-6,9,13,16,19,28H,7-8,10-12H2,(H,27,32)/t16-,19-/m1/s1. The molecule has 2 aliphatic rings. The molecule has 2 aliphatic heterocycles. The summed E-state index contributed by atoms with van der Waals surface area (Å²) < 4.78 is 52.6. The predicted molar refractivity (Wildman–Crippen MR) is 118 cm³/mol. The van der Waals surface area contributed by atoms with Gasteiger partial charge in [-0.25, -0.2) is 4.68 Å². The normalized spacial score (nSPS) is 20.1. The van der Waals surface area contributed by atoms with Crippen LogP contribution in [0.1, 0.15) is 45.1 Å². The number of halogens is 3. The number of hydrogen-bond donors (Lipinski definition) is 2. The Bertz CT molecular complexity index is 1200. The van der Waals surface area contributed by atoms with E-state index in [9.17, 15) is 22.8 Å². The van der Waals surface area contributed by atoms with Crippen molar-refractivity contribution >= 4 is 23.3 Å². The van der Waals surface area contributed by atoms with E-state index in [1.165, 1.54) is 12.3 Å². The summed E-state index contributed by atoms with van der Waals surface area (Å²) in [6.07, 6.45) is -3.50. The first-order valence-corrected chi connectivity index (χ1v) is 11.0. The minimum Gasteiger partial charge on any atom is -0.467 e. The lowest BCUT2D eigenvalue weighted by atomic mass is 10.0. The van der Waals surface area contributed by atoms with Gasteiger partial charge in [-0.2, -0.15) is 18.3 Å². The summed E-state index contributed by atoms with van der Waals surface area (Å²) in [7, 11) is 0. The van der Waals surface area contributed by atoms with E-state index in [4.69, 9.17) is 9.15 Å². The molecule has 35 heavy (non-hydrogen) atoms. The highest BCUT2D eigenvalue weighted by atomic mass is 19.4. The zero-order chi connectivity index (χ0) is 24.6. The molecule has 1 aromatic carbocycles. The van der Waals surface area contributed by atoms with E-state index in [0.29, 0.717) is 43.3 Å². The topological polar surface area (TPSA) is 102 Å². The van der Waals surface area contributed by atoms with Gasteiger partial charge in [-0.3, -0.25) is 9.59 Å². The Hall–Kier alpha value is -3.80. The van der Waals surface area contributed by atoms with Gasteiger partial charge in [0.05, 0.1) is 25.5 Å². The fourth-order valence-corrected chi connectivity index (χ4v) is 4.20. The first kappa shape index (κ1) is 23.0. The van der Waals surface area contributed by atoms with Crippen LogP contribution in [0.25, 0.3) is 0 Å². The van der Waals surface area contributed by atoms with Crippen molar-refractivity contribution < 1.29 is 31.9 Å². The third-order valence-electron chi connectivity index (χ3n) is 6.00. The quantitative estimate of drug-likeness (QED) is 0.577. The number of rotatable bonds is 4. The highest BCUT2D eigenvalue weighted by molar-refractivity contribution is 6.03. The molecular formula is C23H22F3N5O4. The lowest BCUT2D eigenvalue weighted by molar-refractivity contribution is -0.174. The number of alkyl halides is 3. The molecule has 0 bridgehead atoms. The van der Waals surface area contributed by atoms with Crippen LogP contribution in [0.2, 0.25) is 0 Å². The van der Waals surface area contributed by atoms with Gasteiger partial charge in [-0.1, -0.05) is 0 Å². The van der Waals surface area contributed by atoms with Crippen molar-refractivity contribution in [2.45, 2.75) is 24.7 Å². The Morgan fingerprint density at radius 3 is 2.51 bits per heavy atom. The van der Waals surface area contributed by atoms with Crippen molar-refractivity contribution in [1.82, 2.24) is 14.7 Å². The van der Waals surface area contributed by atoms with Gasteiger partial charge in [-0.05, 0) is 36.4 Å². The number of ether oxygens (including phenoxy) is 1. The average Bonchev–Trinajstić information content (AvgIpc) is 3.53. The molecule has 0 radical (unpaired) electrons. The maximum atomic E-state index is 13.8. The van der Waals surface area contributed by atoms with E-state index in [0.717, 1.165) is 4.68 Å². The summed E-state index contributed by atoms with van der Waals surface area (Å²) in [5.41, 5.74) is 0.673. The molecule has 0 aliphatic carbocycles. The lowest BCUT2D eigenvalue weighted by Gasteiger charge is -2.32. The summed E-state index contributed by atoms with van der Waals surface area (Å²) in [5.74, 6) is -0.374. The van der Waals surface area contributed by atoms with E-state index in [-0.39, 0.29) is 23.8 Å². The van der Waals surface area contributed by atoms with Crippen LogP contribution in [-0.2, 0) is 4.74 Å². The number of amides is 2. The summed E-state index contributed by atoms with van der Waals surface area (Å²) in [6, 6.07) is 8.13. The second-order valence-electron chi connectivity index (χ2n) is 8.30. The van der Waals surface area contributed by atoms with Gasteiger partial charge in [0.1, 0.15) is 11.6 Å². The number of benzene rings is 1. The molecule has 184 valence electrons. The van der Waals surface area contributed by atoms with Crippen molar-refractivity contribution in [2.75, 3.05) is 36.9 Å². The Morgan fingerprint density at radius 1 is 1.11 bits per heavy atom. The molecule has 3 aromatic rings. The number of nitrogens with one attached hydrogen (secondary N) is 2. The van der Waals surface area contributed by atoms with Crippen LogP contribution in [0.15, 0.2) is 53.1 Å². The zero-order valence-corrected chi connectivity index (χ0v) is 18.4. The number of carbonyl (C=O) groups is 2. The van der Waals surface area contributed by atoms with Crippen molar-refractivity contribution in [3.63, 3.8) is 0 Å². The molecule has 4 heterocycles. The van der Waals surface area contributed by atoms with E-state index in [2.05, 4.69) is 15.7 Å².